The van der Waals surface area contributed by atoms with Crippen molar-refractivity contribution in [1.29, 1.82) is 0 Å². The minimum atomic E-state index is 0.465. The predicted molar refractivity (Wildman–Crippen MR) is 116 cm³/mol. The highest BCUT2D eigenvalue weighted by Gasteiger charge is 2.13. The monoisotopic (exact) mass is 398 g/mol. The molecule has 0 amide bonds. The maximum atomic E-state index is 6.02. The Morgan fingerprint density at radius 3 is 2.66 bits per heavy atom. The summed E-state index contributed by atoms with van der Waals surface area (Å²) in [5.41, 5.74) is 1.18. The van der Waals surface area contributed by atoms with Crippen LogP contribution in [0.1, 0.15) is 55.7 Å². The number of nitrogens with one attached hydrogen (secondary N) is 2. The number of rotatable bonds is 9. The minimum absolute atomic E-state index is 0.465. The van der Waals surface area contributed by atoms with E-state index in [1.807, 2.05) is 36.7 Å². The highest BCUT2D eigenvalue weighted by Crippen LogP contribution is 2.20. The summed E-state index contributed by atoms with van der Waals surface area (Å²) in [6.07, 6.45) is 7.85. The van der Waals surface area contributed by atoms with E-state index in [9.17, 15) is 0 Å². The molecule has 1 aromatic carbocycles. The van der Waals surface area contributed by atoms with Gasteiger partial charge in [0, 0.05) is 20.2 Å². The number of aromatic nitrogens is 3. The van der Waals surface area contributed by atoms with E-state index in [0.29, 0.717) is 19.2 Å². The lowest BCUT2D eigenvalue weighted by Gasteiger charge is -2.22. The Morgan fingerprint density at radius 1 is 1.14 bits per heavy atom. The molecule has 1 saturated carbocycles. The van der Waals surface area contributed by atoms with Gasteiger partial charge in [-0.3, -0.25) is 0 Å². The molecule has 7 heteroatoms. The third-order valence-electron chi connectivity index (χ3n) is 5.38. The van der Waals surface area contributed by atoms with E-state index < -0.39 is 0 Å². The Morgan fingerprint density at radius 2 is 1.93 bits per heavy atom. The van der Waals surface area contributed by atoms with Crippen molar-refractivity contribution in [3.63, 3.8) is 0 Å². The summed E-state index contributed by atoms with van der Waals surface area (Å²) >= 11 is 0. The molecule has 0 saturated heterocycles. The smallest absolute Gasteiger partial charge is 0.191 e. The van der Waals surface area contributed by atoms with Crippen LogP contribution in [0.4, 0.5) is 0 Å². The van der Waals surface area contributed by atoms with Gasteiger partial charge < -0.3 is 19.9 Å². The number of aryl methyl sites for hydroxylation is 1. The van der Waals surface area contributed by atoms with Crippen molar-refractivity contribution < 1.29 is 4.74 Å². The van der Waals surface area contributed by atoms with E-state index in [0.717, 1.165) is 37.2 Å². The maximum Gasteiger partial charge on any atom is 0.191 e. The number of ether oxygens (including phenoxy) is 1. The normalized spacial score (nSPS) is 15.4. The van der Waals surface area contributed by atoms with Gasteiger partial charge in [0.25, 0.3) is 0 Å². The number of aliphatic imine (C=N–C) groups is 1. The lowest BCUT2D eigenvalue weighted by atomic mass is 9.98. The molecule has 0 bridgehead atoms. The minimum Gasteiger partial charge on any atom is -0.378 e. The van der Waals surface area contributed by atoms with Crippen molar-refractivity contribution in [3.8, 4) is 0 Å². The number of hydrogen-bond donors (Lipinski definition) is 2. The SMILES string of the molecule is Cc1nnc(CNC(=NCc2ccccc2)NCCCOC2CCCCC2)n1C. The van der Waals surface area contributed by atoms with Gasteiger partial charge >= 0.3 is 0 Å². The summed E-state index contributed by atoms with van der Waals surface area (Å²) in [7, 11) is 1.98. The lowest BCUT2D eigenvalue weighted by molar-refractivity contribution is 0.0277. The van der Waals surface area contributed by atoms with E-state index in [1.54, 1.807) is 0 Å². The number of benzene rings is 1. The van der Waals surface area contributed by atoms with Gasteiger partial charge in [0.2, 0.25) is 0 Å². The third-order valence-corrected chi connectivity index (χ3v) is 5.38. The first-order valence-electron chi connectivity index (χ1n) is 10.7. The van der Waals surface area contributed by atoms with Gasteiger partial charge in [0.05, 0.1) is 19.2 Å². The molecule has 1 heterocycles. The van der Waals surface area contributed by atoms with Crippen LogP contribution in [0.5, 0.6) is 0 Å². The Kier molecular flexibility index (Phi) is 8.49. The van der Waals surface area contributed by atoms with Crippen molar-refractivity contribution in [3.05, 3.63) is 47.5 Å². The fourth-order valence-electron chi connectivity index (χ4n) is 3.46. The molecule has 2 N–H and O–H groups in total. The lowest BCUT2D eigenvalue weighted by Crippen LogP contribution is -2.38. The highest BCUT2D eigenvalue weighted by atomic mass is 16.5. The molecule has 0 unspecified atom stereocenters. The average Bonchev–Trinajstić information content (AvgIpc) is 3.08. The second kappa shape index (κ2) is 11.6. The van der Waals surface area contributed by atoms with E-state index in [1.165, 1.54) is 37.7 Å². The number of hydrogen-bond acceptors (Lipinski definition) is 4. The van der Waals surface area contributed by atoms with Gasteiger partial charge in [0.15, 0.2) is 11.8 Å². The summed E-state index contributed by atoms with van der Waals surface area (Å²) in [6, 6.07) is 10.3. The first-order valence-corrected chi connectivity index (χ1v) is 10.7. The molecule has 2 aromatic rings. The Bertz CT molecular complexity index is 752. The summed E-state index contributed by atoms with van der Waals surface area (Å²) in [6.45, 7) is 4.78. The molecule has 158 valence electrons. The molecule has 1 aliphatic rings. The molecule has 0 atom stereocenters. The molecular weight excluding hydrogens is 364 g/mol. The van der Waals surface area contributed by atoms with Crippen LogP contribution in [0, 0.1) is 6.92 Å². The molecule has 1 aromatic heterocycles. The summed E-state index contributed by atoms with van der Waals surface area (Å²) in [5, 5.41) is 15.1. The van der Waals surface area contributed by atoms with Crippen molar-refractivity contribution in [2.45, 2.75) is 64.6 Å². The molecule has 0 aliphatic heterocycles. The molecule has 1 fully saturated rings. The molecular formula is C22H34N6O. The van der Waals surface area contributed by atoms with Crippen molar-refractivity contribution in [2.24, 2.45) is 12.0 Å². The zero-order chi connectivity index (χ0) is 20.3. The van der Waals surface area contributed by atoms with Crippen LogP contribution in [0.15, 0.2) is 35.3 Å². The Labute approximate surface area is 174 Å². The van der Waals surface area contributed by atoms with Gasteiger partial charge in [-0.2, -0.15) is 0 Å². The molecule has 29 heavy (non-hydrogen) atoms. The Balaban J connectivity index is 1.47. The van der Waals surface area contributed by atoms with Gasteiger partial charge in [0.1, 0.15) is 5.82 Å². The zero-order valence-corrected chi connectivity index (χ0v) is 17.7. The van der Waals surface area contributed by atoms with E-state index in [4.69, 9.17) is 9.73 Å². The quantitative estimate of drug-likeness (QED) is 0.386. The number of guanidine groups is 1. The maximum absolute atomic E-state index is 6.02. The average molecular weight is 399 g/mol. The van der Waals surface area contributed by atoms with Crippen molar-refractivity contribution >= 4 is 5.96 Å². The summed E-state index contributed by atoms with van der Waals surface area (Å²) in [4.78, 5) is 4.73. The second-order valence-electron chi connectivity index (χ2n) is 7.64. The zero-order valence-electron chi connectivity index (χ0n) is 17.7. The largest absolute Gasteiger partial charge is 0.378 e. The van der Waals surface area contributed by atoms with Crippen molar-refractivity contribution in [2.75, 3.05) is 13.2 Å². The van der Waals surface area contributed by atoms with E-state index in [2.05, 4.69) is 33.0 Å². The van der Waals surface area contributed by atoms with Crippen LogP contribution in [0.25, 0.3) is 0 Å². The predicted octanol–water partition coefficient (Wildman–Crippen LogP) is 3.10. The van der Waals surface area contributed by atoms with Crippen LogP contribution in [0.3, 0.4) is 0 Å². The first kappa shape index (κ1) is 21.3. The van der Waals surface area contributed by atoms with E-state index in [-0.39, 0.29) is 0 Å². The van der Waals surface area contributed by atoms with Crippen LogP contribution in [-0.4, -0.2) is 40.0 Å². The van der Waals surface area contributed by atoms with Crippen LogP contribution >= 0.6 is 0 Å². The highest BCUT2D eigenvalue weighted by molar-refractivity contribution is 5.79. The van der Waals surface area contributed by atoms with Crippen LogP contribution < -0.4 is 10.6 Å². The fourth-order valence-corrected chi connectivity index (χ4v) is 3.46. The van der Waals surface area contributed by atoms with Crippen LogP contribution in [0.2, 0.25) is 0 Å². The standard InChI is InChI=1S/C22H34N6O/c1-18-26-27-21(28(18)2)17-25-22(24-16-19-10-5-3-6-11-19)23-14-9-15-29-20-12-7-4-8-13-20/h3,5-6,10-11,20H,4,7-9,12-17H2,1-2H3,(H2,23,24,25). The topological polar surface area (TPSA) is 76.4 Å². The molecule has 3 rings (SSSR count). The summed E-state index contributed by atoms with van der Waals surface area (Å²) < 4.78 is 8.01. The first-order chi connectivity index (χ1) is 14.2. The van der Waals surface area contributed by atoms with Gasteiger partial charge in [-0.1, -0.05) is 49.6 Å². The van der Waals surface area contributed by atoms with Crippen LogP contribution in [-0.2, 0) is 24.9 Å². The molecule has 0 radical (unpaired) electrons. The molecule has 0 spiro atoms. The van der Waals surface area contributed by atoms with Crippen molar-refractivity contribution in [1.82, 2.24) is 25.4 Å². The van der Waals surface area contributed by atoms with Gasteiger partial charge in [-0.05, 0) is 31.7 Å². The molecule has 7 nitrogen and oxygen atoms in total. The Hall–Kier alpha value is -2.41. The van der Waals surface area contributed by atoms with Gasteiger partial charge in [-0.15, -0.1) is 10.2 Å². The number of nitrogens with zero attached hydrogens (tertiary/aromatic N) is 4. The van der Waals surface area contributed by atoms with E-state index >= 15 is 0 Å². The third kappa shape index (κ3) is 7.16. The molecule has 1 aliphatic carbocycles. The van der Waals surface area contributed by atoms with Gasteiger partial charge in [-0.25, -0.2) is 4.99 Å². The summed E-state index contributed by atoms with van der Waals surface area (Å²) in [5.74, 6) is 2.57. The second-order valence-corrected chi connectivity index (χ2v) is 7.64. The fraction of sp³-hybridized carbons (Fsp3) is 0.591.